The van der Waals surface area contributed by atoms with E-state index in [1.54, 1.807) is 40.2 Å². The van der Waals surface area contributed by atoms with Crippen LogP contribution in [0, 0.1) is 0 Å². The van der Waals surface area contributed by atoms with Gasteiger partial charge in [0.1, 0.15) is 17.5 Å². The molecule has 14 heterocycles. The lowest BCUT2D eigenvalue weighted by molar-refractivity contribution is 0.122. The van der Waals surface area contributed by atoms with Gasteiger partial charge in [-0.2, -0.15) is 15.3 Å². The normalized spacial score (nSPS) is 15.5. The van der Waals surface area contributed by atoms with E-state index >= 15 is 0 Å². The van der Waals surface area contributed by atoms with Crippen molar-refractivity contribution in [1.29, 1.82) is 0 Å². The highest BCUT2D eigenvalue weighted by atomic mass is 35.5. The molecule has 422 valence electrons. The molecule has 22 nitrogen and oxygen atoms in total. The summed E-state index contributed by atoms with van der Waals surface area (Å²) >= 11 is 11.1. The number of thiazole rings is 3. The lowest BCUT2D eigenvalue weighted by Gasteiger charge is -2.29. The molecule has 14 rings (SSSR count). The highest BCUT2D eigenvalue weighted by Crippen LogP contribution is 2.42. The fourth-order valence-electron chi connectivity index (χ4n) is 10.8. The minimum Gasteiger partial charge on any atom is -0.378 e. The molecule has 9 aromatic rings. The van der Waals surface area contributed by atoms with E-state index in [-0.39, 0.29) is 0 Å². The quantitative estimate of drug-likeness (QED) is 0.0968. The monoisotopic (exact) mass is 1170 g/mol. The van der Waals surface area contributed by atoms with Crippen molar-refractivity contribution in [2.75, 3.05) is 134 Å². The average molecular weight is 1170 g/mol. The van der Waals surface area contributed by atoms with Gasteiger partial charge in [-0.3, -0.25) is 29.4 Å². The lowest BCUT2D eigenvalue weighted by atomic mass is 10.2. The molecule has 0 radical (unpaired) electrons. The van der Waals surface area contributed by atoms with Crippen molar-refractivity contribution in [1.82, 2.24) is 59.7 Å². The van der Waals surface area contributed by atoms with Gasteiger partial charge in [0.25, 0.3) is 0 Å². The van der Waals surface area contributed by atoms with E-state index in [1.807, 2.05) is 87.7 Å². The predicted molar refractivity (Wildman–Crippen MR) is 325 cm³/mol. The topological polar surface area (TPSA) is 212 Å². The van der Waals surface area contributed by atoms with Crippen molar-refractivity contribution in [3.05, 3.63) is 110 Å². The van der Waals surface area contributed by atoms with Crippen LogP contribution in [0.15, 0.2) is 73.6 Å². The van der Waals surface area contributed by atoms with Crippen LogP contribution in [-0.2, 0) is 62.5 Å². The van der Waals surface area contributed by atoms with Crippen molar-refractivity contribution in [2.45, 2.75) is 38.9 Å². The zero-order valence-electron chi connectivity index (χ0n) is 46.0. The van der Waals surface area contributed by atoms with Crippen molar-refractivity contribution in [3.8, 4) is 33.8 Å². The van der Waals surface area contributed by atoms with Crippen LogP contribution in [0.1, 0.15) is 31.7 Å². The summed E-state index contributed by atoms with van der Waals surface area (Å²) in [6.45, 7) is 11.8. The average Bonchev–Trinajstić information content (AvgIpc) is 4.47. The summed E-state index contributed by atoms with van der Waals surface area (Å²) in [5.74, 6) is 3.21. The molecular weight excluding hydrogens is 1100 g/mol. The van der Waals surface area contributed by atoms with Crippen LogP contribution in [0.3, 0.4) is 0 Å². The first kappa shape index (κ1) is 54.2. The van der Waals surface area contributed by atoms with Crippen molar-refractivity contribution >= 4 is 89.8 Å². The summed E-state index contributed by atoms with van der Waals surface area (Å²) < 4.78 is 14.7. The summed E-state index contributed by atoms with van der Waals surface area (Å²) in [6, 6.07) is 12.4. The van der Waals surface area contributed by atoms with E-state index in [1.165, 1.54) is 20.3 Å². The molecular formula is C55H65ClN20O2S3. The van der Waals surface area contributed by atoms with E-state index < -0.39 is 0 Å². The molecule has 0 amide bonds. The van der Waals surface area contributed by atoms with Crippen molar-refractivity contribution in [2.24, 2.45) is 14.1 Å². The van der Waals surface area contributed by atoms with Gasteiger partial charge >= 0.3 is 0 Å². The van der Waals surface area contributed by atoms with E-state index in [0.29, 0.717) is 5.02 Å². The second-order valence-electron chi connectivity index (χ2n) is 20.0. The van der Waals surface area contributed by atoms with Gasteiger partial charge < -0.3 is 49.9 Å². The number of aromatic amines is 1. The molecule has 2 saturated heterocycles. The second kappa shape index (κ2) is 24.4. The molecule has 0 unspecified atom stereocenters. The third-order valence-electron chi connectivity index (χ3n) is 14.9. The maximum Gasteiger partial charge on any atom is 0.183 e. The van der Waals surface area contributed by atoms with Crippen LogP contribution in [-0.4, -0.2) is 153 Å². The van der Waals surface area contributed by atoms with Gasteiger partial charge in [-0.15, -0.1) is 34.0 Å². The number of nitrogens with zero attached hydrogens (tertiary/aromatic N) is 16. The molecule has 81 heavy (non-hydrogen) atoms. The molecule has 5 aliphatic rings. The van der Waals surface area contributed by atoms with Crippen LogP contribution < -0.4 is 40.4 Å². The summed E-state index contributed by atoms with van der Waals surface area (Å²) in [5.41, 5.74) is 11.8. The molecule has 0 aromatic carbocycles. The Morgan fingerprint density at radius 3 is 1.35 bits per heavy atom. The number of hydrogen-bond donors (Lipinski definition) is 4. The highest BCUT2D eigenvalue weighted by molar-refractivity contribution is 7.16. The smallest absolute Gasteiger partial charge is 0.183 e. The lowest BCUT2D eigenvalue weighted by Crippen LogP contribution is -2.36. The molecule has 0 bridgehead atoms. The van der Waals surface area contributed by atoms with Gasteiger partial charge in [-0.1, -0.05) is 11.6 Å². The minimum absolute atomic E-state index is 0.654. The molecule has 26 heteroatoms. The third kappa shape index (κ3) is 11.7. The number of fused-ring (bicyclic) bond motifs is 9. The van der Waals surface area contributed by atoms with Gasteiger partial charge in [-0.25, -0.2) is 15.0 Å². The first-order valence-electron chi connectivity index (χ1n) is 27.2. The fourth-order valence-corrected chi connectivity index (χ4v) is 13.6. The van der Waals surface area contributed by atoms with Crippen LogP contribution in [0.25, 0.3) is 33.8 Å². The Bertz CT molecular complexity index is 3540. The highest BCUT2D eigenvalue weighted by Gasteiger charge is 2.30. The van der Waals surface area contributed by atoms with E-state index in [2.05, 4.69) is 90.1 Å². The van der Waals surface area contributed by atoms with Gasteiger partial charge in [0.2, 0.25) is 0 Å². The molecule has 0 atom stereocenters. The Morgan fingerprint density at radius 2 is 0.926 bits per heavy atom. The number of halogens is 1. The maximum atomic E-state index is 5.94. The van der Waals surface area contributed by atoms with Gasteiger partial charge in [-0.05, 0) is 36.4 Å². The second-order valence-corrected chi connectivity index (χ2v) is 23.6. The molecule has 0 aliphatic carbocycles. The number of aryl methyl sites for hydroxylation is 2. The van der Waals surface area contributed by atoms with E-state index in [9.17, 15) is 0 Å². The number of aromatic nitrogens is 12. The number of ether oxygens (including phenoxy) is 2. The summed E-state index contributed by atoms with van der Waals surface area (Å²) in [5, 5.41) is 29.4. The van der Waals surface area contributed by atoms with Gasteiger partial charge in [0, 0.05) is 121 Å². The predicted octanol–water partition coefficient (Wildman–Crippen LogP) is 7.95. The summed E-state index contributed by atoms with van der Waals surface area (Å²) in [4.78, 5) is 43.7. The van der Waals surface area contributed by atoms with Crippen LogP contribution >= 0.6 is 45.6 Å². The number of anilines is 8. The Labute approximate surface area is 487 Å². The van der Waals surface area contributed by atoms with Gasteiger partial charge in [0.05, 0.1) is 144 Å². The molecule has 2 fully saturated rings. The first-order valence-corrected chi connectivity index (χ1v) is 30.0. The Hall–Kier alpha value is -7.42. The maximum absolute atomic E-state index is 5.94. The number of rotatable bonds is 11. The minimum atomic E-state index is 0.654. The number of nitrogens with one attached hydrogen (secondary N) is 4. The standard InChI is InChI=1S/C20H25N7OS.C19H23N7OS.C16H17ClN6S/c1-21-20-24-18-16-12-23-25(2)19(16)27(6-5-17(18)29-20)13-14-3-4-15(11-22-14)26-7-9-28-10-8-26;1-20-19-23-17-15-11-22-24-18(15)26(5-4-16(17)28-19)12-13-2-3-14(10-21-13)25-6-8-27-9-7-25;1-18-16-21-14-12-8-20-22(2)15(12)23(6-5-13(14)24-16)9-11-4-3-10(17)7-19-11/h3-4,11-12H,5-10,13H2,1-2H3,(H,21,24);2-3,10-11H,4-9,12H2,1H3,(H,20,23)(H,22,24);3-4,7-8H,5-6,9H2,1-2H3,(H,18,21). The van der Waals surface area contributed by atoms with Crippen LogP contribution in [0.4, 0.5) is 44.2 Å². The van der Waals surface area contributed by atoms with E-state index in [4.69, 9.17) is 46.0 Å². The summed E-state index contributed by atoms with van der Waals surface area (Å²) in [7, 11) is 9.70. The summed E-state index contributed by atoms with van der Waals surface area (Å²) in [6.07, 6.45) is 14.2. The zero-order chi connectivity index (χ0) is 55.4. The van der Waals surface area contributed by atoms with Gasteiger partial charge in [0.15, 0.2) is 15.4 Å². The number of pyridine rings is 3. The fraction of sp³-hybridized carbons (Fsp3) is 0.400. The van der Waals surface area contributed by atoms with Crippen molar-refractivity contribution < 1.29 is 9.47 Å². The Morgan fingerprint density at radius 1 is 0.506 bits per heavy atom. The molecule has 0 spiro atoms. The number of hydrogen-bond acceptors (Lipinski definition) is 22. The molecule has 4 N–H and O–H groups in total. The molecule has 5 aliphatic heterocycles. The van der Waals surface area contributed by atoms with Crippen LogP contribution in [0.5, 0.6) is 0 Å². The van der Waals surface area contributed by atoms with E-state index in [0.717, 1.165) is 201 Å². The molecule has 9 aromatic heterocycles. The Balaban J connectivity index is 0.000000121. The Kier molecular flexibility index (Phi) is 16.3. The number of morpholine rings is 2. The van der Waals surface area contributed by atoms with Crippen LogP contribution in [0.2, 0.25) is 5.02 Å². The first-order chi connectivity index (χ1) is 39.7. The van der Waals surface area contributed by atoms with Crippen molar-refractivity contribution in [3.63, 3.8) is 0 Å². The SMILES string of the molecule is CNc1nc2c(s1)CCN(Cc1ccc(Cl)cn1)c1c-2cnn1C.CNc1nc2c(s1)CCN(Cc1ccc(N3CCOCC3)cn1)c1[nH]ncc1-2.CNc1nc2c(s1)CCN(Cc1ccc(N3CCOCC3)cn1)c1c-2cnn1C. The third-order valence-corrected chi connectivity index (χ3v) is 18.5. The molecule has 0 saturated carbocycles. The number of H-pyrrole nitrogens is 1. The zero-order valence-corrected chi connectivity index (χ0v) is 49.2. The largest absolute Gasteiger partial charge is 0.378 e.